The Labute approximate surface area is 226 Å². The Balaban J connectivity index is 0.000000161. The maximum absolute atomic E-state index is 13.8. The lowest BCUT2D eigenvalue weighted by Gasteiger charge is -2.30. The van der Waals surface area contributed by atoms with Crippen LogP contribution in [0, 0.1) is 23.3 Å². The molecule has 4 N–H and O–H groups in total. The van der Waals surface area contributed by atoms with Crippen molar-refractivity contribution >= 4 is 0 Å². The molecular formula is C30H24F4O6. The molecule has 0 bridgehead atoms. The minimum Gasteiger partial charge on any atom is -0.508 e. The predicted molar refractivity (Wildman–Crippen MR) is 135 cm³/mol. The Morgan fingerprint density at radius 1 is 0.550 bits per heavy atom. The second-order valence-electron chi connectivity index (χ2n) is 9.43. The summed E-state index contributed by atoms with van der Waals surface area (Å²) in [6, 6.07) is 15.7. The summed E-state index contributed by atoms with van der Waals surface area (Å²) in [7, 11) is 0. The summed E-state index contributed by atoms with van der Waals surface area (Å²) >= 11 is 0. The van der Waals surface area contributed by atoms with Crippen LogP contribution in [0.3, 0.4) is 0 Å². The summed E-state index contributed by atoms with van der Waals surface area (Å²) in [5, 5.41) is 38.9. The third-order valence-electron chi connectivity index (χ3n) is 6.76. The number of fused-ring (bicyclic) bond motifs is 2. The highest BCUT2D eigenvalue weighted by atomic mass is 19.1. The molecule has 2 aliphatic heterocycles. The highest BCUT2D eigenvalue weighted by molar-refractivity contribution is 5.44. The van der Waals surface area contributed by atoms with Crippen molar-refractivity contribution in [3.05, 3.63) is 118 Å². The molecule has 0 aromatic heterocycles. The molecule has 0 spiro atoms. The van der Waals surface area contributed by atoms with Crippen LogP contribution in [0.25, 0.3) is 0 Å². The molecule has 4 atom stereocenters. The first-order chi connectivity index (χ1) is 19.1. The van der Waals surface area contributed by atoms with Gasteiger partial charge in [0.1, 0.15) is 58.5 Å². The zero-order valence-corrected chi connectivity index (χ0v) is 20.8. The topological polar surface area (TPSA) is 99.4 Å². The second kappa shape index (κ2) is 11.1. The van der Waals surface area contributed by atoms with Gasteiger partial charge in [-0.1, -0.05) is 12.1 Å². The number of ether oxygens (including phenoxy) is 2. The third kappa shape index (κ3) is 5.41. The summed E-state index contributed by atoms with van der Waals surface area (Å²) < 4.78 is 66.1. The number of phenols is 2. The maximum Gasteiger partial charge on any atom is 0.133 e. The monoisotopic (exact) mass is 556 g/mol. The van der Waals surface area contributed by atoms with Gasteiger partial charge in [0.05, 0.1) is 23.3 Å². The van der Waals surface area contributed by atoms with Crippen LogP contribution in [0.15, 0.2) is 72.8 Å². The summed E-state index contributed by atoms with van der Waals surface area (Å²) in [6.07, 6.45) is -3.65. The zero-order chi connectivity index (χ0) is 28.6. The molecule has 40 heavy (non-hydrogen) atoms. The van der Waals surface area contributed by atoms with E-state index in [4.69, 9.17) is 9.47 Å². The molecule has 6 rings (SSSR count). The smallest absolute Gasteiger partial charge is 0.133 e. The molecule has 0 saturated carbocycles. The average Bonchev–Trinajstić information content (AvgIpc) is 2.90. The first-order valence-corrected chi connectivity index (χ1v) is 12.4. The first-order valence-electron chi connectivity index (χ1n) is 12.4. The van der Waals surface area contributed by atoms with Gasteiger partial charge in [-0.25, -0.2) is 17.6 Å². The molecule has 2 heterocycles. The van der Waals surface area contributed by atoms with Gasteiger partial charge in [-0.15, -0.1) is 0 Å². The van der Waals surface area contributed by atoms with Crippen molar-refractivity contribution in [1.29, 1.82) is 0 Å². The van der Waals surface area contributed by atoms with Gasteiger partial charge in [-0.05, 0) is 60.7 Å². The van der Waals surface area contributed by atoms with Crippen LogP contribution in [0.2, 0.25) is 0 Å². The highest BCUT2D eigenvalue weighted by Gasteiger charge is 2.33. The van der Waals surface area contributed by atoms with Crippen LogP contribution < -0.4 is 9.47 Å². The summed E-state index contributed by atoms with van der Waals surface area (Å²) in [5.41, 5.74) is 0.451. The van der Waals surface area contributed by atoms with Gasteiger partial charge in [-0.3, -0.25) is 0 Å². The Bertz CT molecular complexity index is 1390. The van der Waals surface area contributed by atoms with Crippen molar-refractivity contribution in [1.82, 2.24) is 0 Å². The molecule has 0 radical (unpaired) electrons. The van der Waals surface area contributed by atoms with E-state index in [2.05, 4.69) is 0 Å². The summed E-state index contributed by atoms with van der Waals surface area (Å²) in [6.45, 7) is 0. The van der Waals surface area contributed by atoms with Crippen LogP contribution >= 0.6 is 0 Å². The number of hydrogen-bond acceptors (Lipinski definition) is 6. The van der Waals surface area contributed by atoms with Gasteiger partial charge in [0, 0.05) is 24.0 Å². The summed E-state index contributed by atoms with van der Waals surface area (Å²) in [5.74, 6) is -2.19. The van der Waals surface area contributed by atoms with E-state index in [1.54, 1.807) is 0 Å². The van der Waals surface area contributed by atoms with Crippen molar-refractivity contribution in [2.75, 3.05) is 0 Å². The Kier molecular flexibility index (Phi) is 7.55. The number of aliphatic hydroxyl groups excluding tert-OH is 2. The van der Waals surface area contributed by atoms with Crippen LogP contribution in [0.4, 0.5) is 17.6 Å². The van der Waals surface area contributed by atoms with E-state index in [0.29, 0.717) is 22.6 Å². The molecule has 0 fully saturated rings. The second-order valence-corrected chi connectivity index (χ2v) is 9.43. The zero-order valence-electron chi connectivity index (χ0n) is 20.8. The molecule has 4 unspecified atom stereocenters. The quantitative estimate of drug-likeness (QED) is 0.212. The average molecular weight is 557 g/mol. The number of phenolic OH excluding ortho intramolecular Hbond substituents is 2. The van der Waals surface area contributed by atoms with E-state index in [9.17, 15) is 38.0 Å². The Hall–Kier alpha value is -4.28. The highest BCUT2D eigenvalue weighted by Crippen LogP contribution is 2.44. The van der Waals surface area contributed by atoms with Gasteiger partial charge in [0.15, 0.2) is 0 Å². The van der Waals surface area contributed by atoms with Gasteiger partial charge in [-0.2, -0.15) is 0 Å². The molecular weight excluding hydrogens is 532 g/mol. The number of aromatic hydroxyl groups is 2. The first kappa shape index (κ1) is 27.3. The van der Waals surface area contributed by atoms with Crippen LogP contribution in [-0.2, 0) is 0 Å². The number of halogens is 4. The van der Waals surface area contributed by atoms with Gasteiger partial charge >= 0.3 is 0 Å². The SMILES string of the molecule is Oc1ccc2c(c1)C(O)CC(c1c(F)cccc1F)O2.Oc1ccc2c(c1)C(O)CC(c1c(F)cccc1F)O2. The normalized spacial score (nSPS) is 21.1. The molecule has 4 aromatic carbocycles. The van der Waals surface area contributed by atoms with E-state index < -0.39 is 47.7 Å². The van der Waals surface area contributed by atoms with Gasteiger partial charge < -0.3 is 29.9 Å². The lowest BCUT2D eigenvalue weighted by molar-refractivity contribution is 0.0614. The molecule has 208 valence electrons. The van der Waals surface area contributed by atoms with Crippen molar-refractivity contribution in [2.24, 2.45) is 0 Å². The molecule has 4 aromatic rings. The molecule has 0 amide bonds. The van der Waals surface area contributed by atoms with Crippen molar-refractivity contribution in [2.45, 2.75) is 37.3 Å². The number of rotatable bonds is 2. The molecule has 0 saturated heterocycles. The fraction of sp³-hybridized carbons (Fsp3) is 0.200. The van der Waals surface area contributed by atoms with Crippen molar-refractivity contribution in [3.8, 4) is 23.0 Å². The lowest BCUT2D eigenvalue weighted by Crippen LogP contribution is -2.21. The van der Waals surface area contributed by atoms with Gasteiger partial charge in [0.2, 0.25) is 0 Å². The van der Waals surface area contributed by atoms with E-state index in [0.717, 1.165) is 24.3 Å². The standard InChI is InChI=1S/2C15H12F2O3/c2*16-10-2-1-3-11(17)15(10)14-7-12(19)9-6-8(18)4-5-13(9)20-14/h2*1-6,12,14,18-19H,7H2. The fourth-order valence-corrected chi connectivity index (χ4v) is 4.86. The number of hydrogen-bond donors (Lipinski definition) is 4. The Morgan fingerprint density at radius 2 is 0.900 bits per heavy atom. The number of aliphatic hydroxyl groups is 2. The van der Waals surface area contributed by atoms with Gasteiger partial charge in [0.25, 0.3) is 0 Å². The molecule has 2 aliphatic rings. The van der Waals surface area contributed by atoms with Crippen molar-refractivity contribution in [3.63, 3.8) is 0 Å². The van der Waals surface area contributed by atoms with Crippen LogP contribution in [-0.4, -0.2) is 20.4 Å². The van der Waals surface area contributed by atoms with E-state index >= 15 is 0 Å². The largest absolute Gasteiger partial charge is 0.508 e. The third-order valence-corrected chi connectivity index (χ3v) is 6.76. The van der Waals surface area contributed by atoms with E-state index in [-0.39, 0.29) is 35.5 Å². The predicted octanol–water partition coefficient (Wildman–Crippen LogP) is 6.46. The minimum atomic E-state index is -0.949. The van der Waals surface area contributed by atoms with E-state index in [1.165, 1.54) is 48.5 Å². The fourth-order valence-electron chi connectivity index (χ4n) is 4.86. The molecule has 0 aliphatic carbocycles. The Morgan fingerprint density at radius 3 is 1.25 bits per heavy atom. The number of benzene rings is 4. The molecule has 10 heteroatoms. The van der Waals surface area contributed by atoms with Crippen molar-refractivity contribution < 1.29 is 47.5 Å². The van der Waals surface area contributed by atoms with Crippen LogP contribution in [0.5, 0.6) is 23.0 Å². The molecule has 6 nitrogen and oxygen atoms in total. The summed E-state index contributed by atoms with van der Waals surface area (Å²) in [4.78, 5) is 0. The lowest BCUT2D eigenvalue weighted by atomic mass is 9.94. The maximum atomic E-state index is 13.8. The van der Waals surface area contributed by atoms with Crippen LogP contribution in [0.1, 0.15) is 59.5 Å². The minimum absolute atomic E-state index is 0.00178. The van der Waals surface area contributed by atoms with E-state index in [1.807, 2.05) is 0 Å².